The van der Waals surface area contributed by atoms with Gasteiger partial charge in [-0.3, -0.25) is 4.79 Å². The number of aromatic hydroxyl groups is 1. The van der Waals surface area contributed by atoms with Crippen molar-refractivity contribution in [3.05, 3.63) is 65.7 Å². The Bertz CT molecular complexity index is 821. The number of nitrogens with one attached hydrogen (secondary N) is 1. The van der Waals surface area contributed by atoms with Crippen LogP contribution in [0.25, 0.3) is 0 Å². The Morgan fingerprint density at radius 2 is 1.63 bits per heavy atom. The first-order chi connectivity index (χ1) is 14.5. The predicted molar refractivity (Wildman–Crippen MR) is 107 cm³/mol. The maximum atomic E-state index is 12.2. The molecule has 1 amide bonds. The fourth-order valence-corrected chi connectivity index (χ4v) is 2.55. The third kappa shape index (κ3) is 8.32. The molecule has 2 N–H and O–H groups in total. The Kier molecular flexibility index (Phi) is 9.33. The van der Waals surface area contributed by atoms with Crippen LogP contribution in [0.4, 0.5) is 0 Å². The third-order valence-electron chi connectivity index (χ3n) is 3.98. The van der Waals surface area contributed by atoms with Gasteiger partial charge in [-0.25, -0.2) is 9.59 Å². The number of amides is 1. The lowest BCUT2D eigenvalue weighted by molar-refractivity contribution is -0.152. The van der Waals surface area contributed by atoms with E-state index in [1.165, 1.54) is 12.1 Å². The molecule has 0 heterocycles. The number of benzene rings is 2. The van der Waals surface area contributed by atoms with Crippen LogP contribution in [0.15, 0.2) is 54.6 Å². The van der Waals surface area contributed by atoms with E-state index in [0.717, 1.165) is 11.1 Å². The summed E-state index contributed by atoms with van der Waals surface area (Å²) < 4.78 is 15.1. The van der Waals surface area contributed by atoms with Crippen molar-refractivity contribution in [3.8, 4) is 5.75 Å². The lowest BCUT2D eigenvalue weighted by Crippen LogP contribution is -2.45. The summed E-state index contributed by atoms with van der Waals surface area (Å²) in [6, 6.07) is 14.5. The van der Waals surface area contributed by atoms with Crippen LogP contribution >= 0.6 is 0 Å². The maximum absolute atomic E-state index is 12.2. The van der Waals surface area contributed by atoms with Gasteiger partial charge >= 0.3 is 11.9 Å². The molecule has 0 aliphatic carbocycles. The molecule has 8 nitrogen and oxygen atoms in total. The summed E-state index contributed by atoms with van der Waals surface area (Å²) in [6.07, 6.45) is 0.184. The molecule has 8 heteroatoms. The van der Waals surface area contributed by atoms with E-state index in [1.54, 1.807) is 19.1 Å². The summed E-state index contributed by atoms with van der Waals surface area (Å²) in [7, 11) is 0. The smallest absolute Gasteiger partial charge is 0.332 e. The highest BCUT2D eigenvalue weighted by atomic mass is 16.6. The second-order valence-electron chi connectivity index (χ2n) is 6.38. The Balaban J connectivity index is 1.77. The molecule has 0 bridgehead atoms. The Labute approximate surface area is 174 Å². The van der Waals surface area contributed by atoms with Crippen LogP contribution in [-0.2, 0) is 41.6 Å². The van der Waals surface area contributed by atoms with Gasteiger partial charge in [0.2, 0.25) is 5.91 Å². The molecule has 0 radical (unpaired) electrons. The average Bonchev–Trinajstić information content (AvgIpc) is 2.74. The highest BCUT2D eigenvalue weighted by Crippen LogP contribution is 2.12. The Morgan fingerprint density at radius 3 is 2.30 bits per heavy atom. The summed E-state index contributed by atoms with van der Waals surface area (Å²) in [5.74, 6) is -1.65. The van der Waals surface area contributed by atoms with Crippen molar-refractivity contribution in [3.63, 3.8) is 0 Å². The van der Waals surface area contributed by atoms with Crippen LogP contribution in [0.5, 0.6) is 5.75 Å². The van der Waals surface area contributed by atoms with E-state index < -0.39 is 30.5 Å². The summed E-state index contributed by atoms with van der Waals surface area (Å²) in [5, 5.41) is 11.9. The topological polar surface area (TPSA) is 111 Å². The second kappa shape index (κ2) is 12.2. The average molecular weight is 415 g/mol. The summed E-state index contributed by atoms with van der Waals surface area (Å²) in [5.41, 5.74) is 1.58. The largest absolute Gasteiger partial charge is 0.508 e. The number of carbonyl (C=O) groups is 3. The molecule has 2 aromatic rings. The summed E-state index contributed by atoms with van der Waals surface area (Å²) in [6.45, 7) is 1.16. The first-order valence-electron chi connectivity index (χ1n) is 9.49. The van der Waals surface area contributed by atoms with Gasteiger partial charge in [0, 0.05) is 6.42 Å². The van der Waals surface area contributed by atoms with Gasteiger partial charge < -0.3 is 24.6 Å². The minimum atomic E-state index is -0.921. The van der Waals surface area contributed by atoms with Gasteiger partial charge in [-0.2, -0.15) is 0 Å². The second-order valence-corrected chi connectivity index (χ2v) is 6.38. The van der Waals surface area contributed by atoms with Crippen molar-refractivity contribution in [1.29, 1.82) is 0 Å². The quantitative estimate of drug-likeness (QED) is 0.538. The third-order valence-corrected chi connectivity index (χ3v) is 3.98. The van der Waals surface area contributed by atoms with E-state index in [0.29, 0.717) is 0 Å². The summed E-state index contributed by atoms with van der Waals surface area (Å²) >= 11 is 0. The van der Waals surface area contributed by atoms with Crippen LogP contribution in [0.3, 0.4) is 0 Å². The van der Waals surface area contributed by atoms with Crippen LogP contribution < -0.4 is 5.32 Å². The first-order valence-corrected chi connectivity index (χ1v) is 9.49. The monoisotopic (exact) mass is 415 g/mol. The molecule has 0 saturated carbocycles. The van der Waals surface area contributed by atoms with Gasteiger partial charge in [-0.15, -0.1) is 0 Å². The zero-order chi connectivity index (χ0) is 21.8. The van der Waals surface area contributed by atoms with Crippen LogP contribution in [0.2, 0.25) is 0 Å². The van der Waals surface area contributed by atoms with E-state index in [-0.39, 0.29) is 32.0 Å². The molecule has 2 aromatic carbocycles. The maximum Gasteiger partial charge on any atom is 0.332 e. The lowest BCUT2D eigenvalue weighted by atomic mass is 10.1. The molecule has 0 spiro atoms. The van der Waals surface area contributed by atoms with E-state index in [4.69, 9.17) is 14.2 Å². The van der Waals surface area contributed by atoms with Crippen molar-refractivity contribution >= 4 is 17.8 Å². The van der Waals surface area contributed by atoms with E-state index >= 15 is 0 Å². The fraction of sp³-hybridized carbons (Fsp3) is 0.318. The van der Waals surface area contributed by atoms with E-state index in [9.17, 15) is 19.5 Å². The number of carbonyl (C=O) groups excluding carboxylic acids is 3. The molecule has 30 heavy (non-hydrogen) atoms. The highest BCUT2D eigenvalue weighted by Gasteiger charge is 2.22. The lowest BCUT2D eigenvalue weighted by Gasteiger charge is -2.17. The fourth-order valence-electron chi connectivity index (χ4n) is 2.55. The molecule has 160 valence electrons. The van der Waals surface area contributed by atoms with Crippen LogP contribution in [0, 0.1) is 0 Å². The molecule has 0 aromatic heterocycles. The minimum absolute atomic E-state index is 0.100. The summed E-state index contributed by atoms with van der Waals surface area (Å²) in [4.78, 5) is 36.0. The van der Waals surface area contributed by atoms with E-state index in [1.807, 2.05) is 30.3 Å². The highest BCUT2D eigenvalue weighted by molar-refractivity contribution is 5.85. The molecule has 0 fully saturated rings. The number of rotatable bonds is 11. The Hall–Kier alpha value is -3.39. The van der Waals surface area contributed by atoms with Gasteiger partial charge in [-0.05, 0) is 30.2 Å². The van der Waals surface area contributed by atoms with Crippen molar-refractivity contribution in [2.45, 2.75) is 26.0 Å². The van der Waals surface area contributed by atoms with Gasteiger partial charge in [0.05, 0.1) is 6.61 Å². The number of phenolic OH excluding ortho intramolecular Hbond substituents is 1. The zero-order valence-electron chi connectivity index (χ0n) is 16.7. The standard InChI is InChI=1S/C22H25NO7/c1-2-29-22(27)19(12-16-8-10-18(24)11-9-16)23-20(25)14-28-15-21(26)30-13-17-6-4-3-5-7-17/h3-11,19,24H,2,12-15H2,1H3,(H,23,25). The molecular formula is C22H25NO7. The zero-order valence-corrected chi connectivity index (χ0v) is 16.7. The predicted octanol–water partition coefficient (Wildman–Crippen LogP) is 1.74. The van der Waals surface area contributed by atoms with Crippen molar-refractivity contribution in [2.24, 2.45) is 0 Å². The molecular weight excluding hydrogens is 390 g/mol. The van der Waals surface area contributed by atoms with Gasteiger partial charge in [0.1, 0.15) is 31.6 Å². The normalized spacial score (nSPS) is 11.4. The van der Waals surface area contributed by atoms with Crippen molar-refractivity contribution in [1.82, 2.24) is 5.32 Å². The number of phenols is 1. The van der Waals surface area contributed by atoms with Crippen molar-refractivity contribution in [2.75, 3.05) is 19.8 Å². The van der Waals surface area contributed by atoms with E-state index in [2.05, 4.69) is 5.32 Å². The molecule has 1 unspecified atom stereocenters. The number of ether oxygens (including phenoxy) is 3. The SMILES string of the molecule is CCOC(=O)C(Cc1ccc(O)cc1)NC(=O)COCC(=O)OCc1ccccc1. The number of hydrogen-bond donors (Lipinski definition) is 2. The van der Waals surface area contributed by atoms with Gasteiger partial charge in [0.15, 0.2) is 0 Å². The van der Waals surface area contributed by atoms with Gasteiger partial charge in [-0.1, -0.05) is 42.5 Å². The molecule has 0 aliphatic rings. The number of hydrogen-bond acceptors (Lipinski definition) is 7. The first kappa shape index (κ1) is 22.9. The van der Waals surface area contributed by atoms with Crippen molar-refractivity contribution < 1.29 is 33.7 Å². The van der Waals surface area contributed by atoms with Crippen LogP contribution in [-0.4, -0.2) is 48.8 Å². The molecule has 0 saturated heterocycles. The molecule has 2 rings (SSSR count). The van der Waals surface area contributed by atoms with Crippen LogP contribution in [0.1, 0.15) is 18.1 Å². The number of esters is 2. The minimum Gasteiger partial charge on any atom is -0.508 e. The Morgan fingerprint density at radius 1 is 0.933 bits per heavy atom. The molecule has 0 aliphatic heterocycles. The van der Waals surface area contributed by atoms with Gasteiger partial charge in [0.25, 0.3) is 0 Å². The molecule has 1 atom stereocenters.